The number of benzene rings is 1. The van der Waals surface area contributed by atoms with Crippen molar-refractivity contribution in [2.75, 3.05) is 12.3 Å². The van der Waals surface area contributed by atoms with E-state index in [1.165, 1.54) is 18.2 Å². The molecule has 1 aromatic rings. The maximum Gasteiger partial charge on any atom is 0.326 e. The lowest BCUT2D eigenvalue weighted by atomic mass is 10.1. The summed E-state index contributed by atoms with van der Waals surface area (Å²) in [5.74, 6) is -1.61. The molecule has 1 aliphatic heterocycles. The zero-order valence-electron chi connectivity index (χ0n) is 9.91. The Labute approximate surface area is 114 Å². The van der Waals surface area contributed by atoms with Gasteiger partial charge in [-0.3, -0.25) is 4.79 Å². The van der Waals surface area contributed by atoms with Crippen molar-refractivity contribution in [3.05, 3.63) is 28.8 Å². The fourth-order valence-electron chi connectivity index (χ4n) is 2.10. The lowest BCUT2D eigenvalue weighted by Crippen LogP contribution is -2.40. The first-order chi connectivity index (χ1) is 8.90. The minimum absolute atomic E-state index is 0.00219. The Morgan fingerprint density at radius 1 is 1.42 bits per heavy atom. The van der Waals surface area contributed by atoms with Crippen molar-refractivity contribution < 1.29 is 19.8 Å². The maximum atomic E-state index is 12.2. The smallest absolute Gasteiger partial charge is 0.326 e. The van der Waals surface area contributed by atoms with Crippen LogP contribution in [0.2, 0.25) is 5.02 Å². The van der Waals surface area contributed by atoms with Crippen molar-refractivity contribution in [2.45, 2.75) is 18.6 Å². The van der Waals surface area contributed by atoms with E-state index in [-0.39, 0.29) is 23.6 Å². The molecule has 2 atom stereocenters. The molecule has 19 heavy (non-hydrogen) atoms. The zero-order chi connectivity index (χ0) is 14.2. The highest BCUT2D eigenvalue weighted by atomic mass is 35.5. The van der Waals surface area contributed by atoms with Gasteiger partial charge in [-0.25, -0.2) is 4.79 Å². The van der Waals surface area contributed by atoms with Crippen LogP contribution in [0.4, 0.5) is 5.69 Å². The summed E-state index contributed by atoms with van der Waals surface area (Å²) in [6.45, 7) is -0.00219. The van der Waals surface area contributed by atoms with Gasteiger partial charge in [0.2, 0.25) is 0 Å². The number of nitrogens with two attached hydrogens (primary N) is 1. The first-order valence-electron chi connectivity index (χ1n) is 5.67. The monoisotopic (exact) mass is 284 g/mol. The number of carboxylic acid groups (broad SMARTS) is 1. The molecule has 0 spiro atoms. The van der Waals surface area contributed by atoms with Crippen molar-refractivity contribution in [3.8, 4) is 0 Å². The van der Waals surface area contributed by atoms with Gasteiger partial charge in [0, 0.05) is 18.5 Å². The van der Waals surface area contributed by atoms with Crippen LogP contribution in [0.1, 0.15) is 16.8 Å². The fraction of sp³-hybridized carbons (Fsp3) is 0.333. The molecule has 1 heterocycles. The van der Waals surface area contributed by atoms with E-state index in [0.29, 0.717) is 5.69 Å². The van der Waals surface area contributed by atoms with E-state index in [0.717, 1.165) is 4.90 Å². The summed E-state index contributed by atoms with van der Waals surface area (Å²) >= 11 is 5.83. The summed E-state index contributed by atoms with van der Waals surface area (Å²) in [4.78, 5) is 24.4. The van der Waals surface area contributed by atoms with Gasteiger partial charge in [0.15, 0.2) is 0 Å². The normalized spacial score (nSPS) is 22.5. The molecular formula is C12H13ClN2O4. The quantitative estimate of drug-likeness (QED) is 0.689. The van der Waals surface area contributed by atoms with Crippen LogP contribution in [0.5, 0.6) is 0 Å². The SMILES string of the molecule is Nc1ccc(C(=O)N2C[C@H](O)C[C@@H]2C(=O)O)cc1Cl. The number of aliphatic carboxylic acids is 1. The number of aliphatic hydroxyl groups is 1. The molecule has 6 nitrogen and oxygen atoms in total. The number of hydrogen-bond acceptors (Lipinski definition) is 4. The zero-order valence-corrected chi connectivity index (χ0v) is 10.7. The Morgan fingerprint density at radius 2 is 2.11 bits per heavy atom. The van der Waals surface area contributed by atoms with Crippen LogP contribution in [0.15, 0.2) is 18.2 Å². The van der Waals surface area contributed by atoms with Gasteiger partial charge in [0.1, 0.15) is 6.04 Å². The Balaban J connectivity index is 2.27. The van der Waals surface area contributed by atoms with Crippen molar-refractivity contribution >= 4 is 29.2 Å². The van der Waals surface area contributed by atoms with Gasteiger partial charge in [-0.1, -0.05) is 11.6 Å². The van der Waals surface area contributed by atoms with Gasteiger partial charge < -0.3 is 20.8 Å². The Kier molecular flexibility index (Phi) is 3.64. The summed E-state index contributed by atoms with van der Waals surface area (Å²) in [5, 5.41) is 18.8. The highest BCUT2D eigenvalue weighted by molar-refractivity contribution is 6.33. The lowest BCUT2D eigenvalue weighted by Gasteiger charge is -2.21. The standard InChI is InChI=1S/C12H13ClN2O4/c13-8-3-6(1-2-9(8)14)11(17)15-5-7(16)4-10(15)12(18)19/h1-3,7,10,16H,4-5,14H2,(H,18,19)/t7-,10-/m1/s1. The van der Waals surface area contributed by atoms with Crippen LogP contribution in [0.25, 0.3) is 0 Å². The summed E-state index contributed by atoms with van der Waals surface area (Å²) in [7, 11) is 0. The summed E-state index contributed by atoms with van der Waals surface area (Å²) in [6, 6.07) is 3.34. The average molecular weight is 285 g/mol. The van der Waals surface area contributed by atoms with Crippen molar-refractivity contribution in [3.63, 3.8) is 0 Å². The predicted octanol–water partition coefficient (Wildman–Crippen LogP) is 0.582. The number of likely N-dealkylation sites (tertiary alicyclic amines) is 1. The first-order valence-corrected chi connectivity index (χ1v) is 6.05. The first kappa shape index (κ1) is 13.6. The van der Waals surface area contributed by atoms with Crippen LogP contribution in [0, 0.1) is 0 Å². The number of nitrogen functional groups attached to an aromatic ring is 1. The Morgan fingerprint density at radius 3 is 2.68 bits per heavy atom. The number of aliphatic hydroxyl groups excluding tert-OH is 1. The number of rotatable bonds is 2. The van der Waals surface area contributed by atoms with Gasteiger partial charge in [-0.2, -0.15) is 0 Å². The largest absolute Gasteiger partial charge is 0.480 e. The second kappa shape index (κ2) is 5.07. The summed E-state index contributed by atoms with van der Waals surface area (Å²) < 4.78 is 0. The van der Waals surface area contributed by atoms with Crippen LogP contribution in [-0.2, 0) is 4.79 Å². The topological polar surface area (TPSA) is 104 Å². The molecule has 0 unspecified atom stereocenters. The van der Waals surface area contributed by atoms with Gasteiger partial charge in [-0.15, -0.1) is 0 Å². The fourth-order valence-corrected chi connectivity index (χ4v) is 2.28. The molecule has 2 rings (SSSR count). The molecule has 7 heteroatoms. The van der Waals surface area contributed by atoms with Crippen molar-refractivity contribution in [1.29, 1.82) is 0 Å². The third-order valence-corrected chi connectivity index (χ3v) is 3.40. The van der Waals surface area contributed by atoms with E-state index >= 15 is 0 Å². The molecule has 1 saturated heterocycles. The van der Waals surface area contributed by atoms with E-state index in [1.807, 2.05) is 0 Å². The number of carbonyl (C=O) groups is 2. The van der Waals surface area contributed by atoms with Crippen molar-refractivity contribution in [1.82, 2.24) is 4.90 Å². The predicted molar refractivity (Wildman–Crippen MR) is 68.9 cm³/mol. The molecule has 1 aromatic carbocycles. The van der Waals surface area contributed by atoms with Gasteiger partial charge in [0.05, 0.1) is 16.8 Å². The number of hydrogen-bond donors (Lipinski definition) is 3. The number of amides is 1. The van der Waals surface area contributed by atoms with Gasteiger partial charge >= 0.3 is 5.97 Å². The van der Waals surface area contributed by atoms with E-state index in [2.05, 4.69) is 0 Å². The maximum absolute atomic E-state index is 12.2. The average Bonchev–Trinajstić information content (AvgIpc) is 2.74. The van der Waals surface area contributed by atoms with E-state index < -0.39 is 24.0 Å². The number of nitrogens with zero attached hydrogens (tertiary/aromatic N) is 1. The summed E-state index contributed by atoms with van der Waals surface area (Å²) in [5.41, 5.74) is 6.14. The second-order valence-corrected chi connectivity index (χ2v) is 4.84. The van der Waals surface area contributed by atoms with Crippen LogP contribution >= 0.6 is 11.6 Å². The molecule has 0 aliphatic carbocycles. The Bertz CT molecular complexity index is 534. The highest BCUT2D eigenvalue weighted by Gasteiger charge is 2.39. The molecule has 4 N–H and O–H groups in total. The van der Waals surface area contributed by atoms with Crippen molar-refractivity contribution in [2.24, 2.45) is 0 Å². The number of carbonyl (C=O) groups excluding carboxylic acids is 1. The molecule has 1 fully saturated rings. The molecule has 0 saturated carbocycles. The minimum atomic E-state index is -1.13. The van der Waals surface area contributed by atoms with Crippen LogP contribution < -0.4 is 5.73 Å². The van der Waals surface area contributed by atoms with Gasteiger partial charge in [0.25, 0.3) is 5.91 Å². The Hall–Kier alpha value is -1.79. The third-order valence-electron chi connectivity index (χ3n) is 3.07. The van der Waals surface area contributed by atoms with Crippen LogP contribution in [-0.4, -0.2) is 45.7 Å². The number of anilines is 1. The van der Waals surface area contributed by atoms with E-state index in [1.54, 1.807) is 0 Å². The molecule has 1 amide bonds. The number of β-amino-alcohol motifs (C(OH)–C–C–N with tert-alkyl or cyclic N) is 1. The lowest BCUT2D eigenvalue weighted by molar-refractivity contribution is -0.141. The number of carboxylic acids is 1. The molecular weight excluding hydrogens is 272 g/mol. The molecule has 0 aromatic heterocycles. The van der Waals surface area contributed by atoms with Crippen LogP contribution in [0.3, 0.4) is 0 Å². The van der Waals surface area contributed by atoms with E-state index in [9.17, 15) is 14.7 Å². The summed E-state index contributed by atoms with van der Waals surface area (Å²) in [6.07, 6.45) is -0.793. The highest BCUT2D eigenvalue weighted by Crippen LogP contribution is 2.24. The van der Waals surface area contributed by atoms with Gasteiger partial charge in [-0.05, 0) is 18.2 Å². The molecule has 0 radical (unpaired) electrons. The number of halogens is 1. The molecule has 1 aliphatic rings. The second-order valence-electron chi connectivity index (χ2n) is 4.44. The molecule has 102 valence electrons. The van der Waals surface area contributed by atoms with E-state index in [4.69, 9.17) is 22.4 Å². The molecule has 0 bridgehead atoms. The minimum Gasteiger partial charge on any atom is -0.480 e. The third kappa shape index (κ3) is 2.64.